The Morgan fingerprint density at radius 1 is 1.00 bits per heavy atom. The van der Waals surface area contributed by atoms with E-state index < -0.39 is 0 Å². The molecular formula is C25H24IrN4S. The van der Waals surface area contributed by atoms with Crippen LogP contribution in [0.2, 0.25) is 0 Å². The Kier molecular flexibility index (Phi) is 6.07. The SMILES string of the molecule is CC(C)c1cccc(C(C)C)c1-n1c(-c2[c-]cc3scnc3c2)n[n+]2ccccc12.[Ir]. The van der Waals surface area contributed by atoms with Crippen molar-refractivity contribution in [3.05, 3.63) is 77.4 Å². The molecule has 0 atom stereocenters. The van der Waals surface area contributed by atoms with Gasteiger partial charge in [0.05, 0.1) is 5.51 Å². The first kappa shape index (κ1) is 21.8. The van der Waals surface area contributed by atoms with Gasteiger partial charge in [-0.2, -0.15) is 11.3 Å². The van der Waals surface area contributed by atoms with Crippen molar-refractivity contribution in [1.82, 2.24) is 14.6 Å². The molecule has 0 amide bonds. The monoisotopic (exact) mass is 605 g/mol. The number of fused-ring (bicyclic) bond motifs is 2. The van der Waals surface area contributed by atoms with E-state index in [-0.39, 0.29) is 20.1 Å². The summed E-state index contributed by atoms with van der Waals surface area (Å²) in [5.41, 5.74) is 8.72. The molecule has 0 unspecified atom stereocenters. The number of thiazole rings is 1. The third-order valence-corrected chi connectivity index (χ3v) is 6.32. The molecule has 4 nitrogen and oxygen atoms in total. The zero-order valence-corrected chi connectivity index (χ0v) is 21.2. The molecule has 0 saturated carbocycles. The number of benzene rings is 2. The number of pyridine rings is 1. The maximum absolute atomic E-state index is 4.98. The van der Waals surface area contributed by atoms with Gasteiger partial charge in [-0.05, 0) is 28.1 Å². The molecule has 0 aliphatic rings. The number of hydrogen-bond acceptors (Lipinski definition) is 3. The molecule has 0 spiro atoms. The van der Waals surface area contributed by atoms with Gasteiger partial charge < -0.3 is 0 Å². The Morgan fingerprint density at radius 3 is 2.45 bits per heavy atom. The summed E-state index contributed by atoms with van der Waals surface area (Å²) in [4.78, 5) is 4.51. The summed E-state index contributed by atoms with van der Waals surface area (Å²) < 4.78 is 5.39. The van der Waals surface area contributed by atoms with Gasteiger partial charge >= 0.3 is 5.65 Å². The van der Waals surface area contributed by atoms with Crippen molar-refractivity contribution in [3.8, 4) is 17.1 Å². The first-order valence-electron chi connectivity index (χ1n) is 10.3. The molecule has 5 rings (SSSR count). The quantitative estimate of drug-likeness (QED) is 0.188. The second-order valence-corrected chi connectivity index (χ2v) is 9.09. The fourth-order valence-corrected chi connectivity index (χ4v) is 4.68. The number of nitrogens with zero attached hydrogens (tertiary/aromatic N) is 4. The second kappa shape index (κ2) is 8.62. The van der Waals surface area contributed by atoms with Crippen LogP contribution < -0.4 is 4.52 Å². The van der Waals surface area contributed by atoms with Crippen LogP contribution in [0, 0.1) is 6.07 Å². The van der Waals surface area contributed by atoms with Crippen LogP contribution in [0.25, 0.3) is 32.9 Å². The molecule has 3 aromatic heterocycles. The average Bonchev–Trinajstić information content (AvgIpc) is 3.36. The van der Waals surface area contributed by atoms with Gasteiger partial charge in [0.1, 0.15) is 11.9 Å². The van der Waals surface area contributed by atoms with Crippen molar-refractivity contribution in [2.75, 3.05) is 0 Å². The van der Waals surface area contributed by atoms with E-state index in [2.05, 4.69) is 79.7 Å². The van der Waals surface area contributed by atoms with E-state index in [4.69, 9.17) is 5.10 Å². The average molecular weight is 605 g/mol. The zero-order valence-electron chi connectivity index (χ0n) is 18.0. The van der Waals surface area contributed by atoms with Crippen molar-refractivity contribution >= 4 is 27.2 Å². The van der Waals surface area contributed by atoms with Crippen LogP contribution >= 0.6 is 11.3 Å². The third-order valence-electron chi connectivity index (χ3n) is 5.53. The predicted octanol–water partition coefficient (Wildman–Crippen LogP) is 5.93. The van der Waals surface area contributed by atoms with Gasteiger partial charge in [0.15, 0.2) is 5.82 Å². The fraction of sp³-hybridized carbons (Fsp3) is 0.240. The molecule has 159 valence electrons. The maximum atomic E-state index is 4.98. The van der Waals surface area contributed by atoms with Gasteiger partial charge in [-0.1, -0.05) is 62.6 Å². The Hall–Kier alpha value is -2.40. The van der Waals surface area contributed by atoms with E-state index in [0.29, 0.717) is 11.8 Å². The molecule has 6 heteroatoms. The molecule has 5 aromatic rings. The van der Waals surface area contributed by atoms with E-state index in [1.54, 1.807) is 11.3 Å². The van der Waals surface area contributed by atoms with Gasteiger partial charge in [0, 0.05) is 37.3 Å². The molecule has 0 saturated heterocycles. The van der Waals surface area contributed by atoms with Crippen molar-refractivity contribution in [3.63, 3.8) is 0 Å². The second-order valence-electron chi connectivity index (χ2n) is 8.21. The van der Waals surface area contributed by atoms with E-state index in [0.717, 1.165) is 27.3 Å². The number of rotatable bonds is 4. The van der Waals surface area contributed by atoms with Gasteiger partial charge in [-0.25, -0.2) is 4.57 Å². The summed E-state index contributed by atoms with van der Waals surface area (Å²) >= 11 is 1.63. The van der Waals surface area contributed by atoms with Crippen molar-refractivity contribution in [1.29, 1.82) is 0 Å². The minimum absolute atomic E-state index is 0. The fourth-order valence-electron chi connectivity index (χ4n) is 4.04. The number of para-hydroxylation sites is 1. The van der Waals surface area contributed by atoms with Gasteiger partial charge in [-0.3, -0.25) is 4.98 Å². The van der Waals surface area contributed by atoms with E-state index in [1.165, 1.54) is 16.8 Å². The summed E-state index contributed by atoms with van der Waals surface area (Å²) in [6.45, 7) is 9.01. The summed E-state index contributed by atoms with van der Waals surface area (Å²) in [7, 11) is 0. The first-order chi connectivity index (χ1) is 14.5. The Bertz CT molecular complexity index is 1340. The molecule has 0 aliphatic carbocycles. The molecule has 1 radical (unpaired) electrons. The normalized spacial score (nSPS) is 11.5. The van der Waals surface area contributed by atoms with E-state index >= 15 is 0 Å². The summed E-state index contributed by atoms with van der Waals surface area (Å²) in [6, 6.07) is 20.4. The van der Waals surface area contributed by atoms with Crippen LogP contribution in [0.1, 0.15) is 50.7 Å². The number of hydrogen-bond donors (Lipinski definition) is 0. The standard InChI is InChI=1S/C25H24N4S.Ir/c1-16(2)19-8-7-9-20(17(3)4)24(19)29-23-10-5-6-13-28(23)27-25(29)18-11-12-22-21(14-18)26-15-30-22;/h5-10,12-17H,1-4H3;. The summed E-state index contributed by atoms with van der Waals surface area (Å²) in [6.07, 6.45) is 2.00. The molecule has 0 fully saturated rings. The van der Waals surface area contributed by atoms with E-state index in [1.807, 2.05) is 28.4 Å². The van der Waals surface area contributed by atoms with Crippen molar-refractivity contribution < 1.29 is 24.6 Å². The summed E-state index contributed by atoms with van der Waals surface area (Å²) in [5.74, 6) is 1.66. The minimum Gasteiger partial charge on any atom is -0.265 e. The number of aromatic nitrogens is 4. The third kappa shape index (κ3) is 3.73. The van der Waals surface area contributed by atoms with Crippen LogP contribution in [0.3, 0.4) is 0 Å². The van der Waals surface area contributed by atoms with Gasteiger partial charge in [0.2, 0.25) is 0 Å². The Morgan fingerprint density at radius 2 is 1.74 bits per heavy atom. The van der Waals surface area contributed by atoms with Gasteiger partial charge in [-0.15, -0.1) is 22.7 Å². The molecule has 3 heterocycles. The van der Waals surface area contributed by atoms with Crippen LogP contribution in [0.5, 0.6) is 0 Å². The smallest absolute Gasteiger partial charge is 0.265 e. The molecular weight excluding hydrogens is 581 g/mol. The molecule has 2 aromatic carbocycles. The largest absolute Gasteiger partial charge is 0.304 e. The summed E-state index contributed by atoms with van der Waals surface area (Å²) in [5, 5.41) is 4.98. The first-order valence-corrected chi connectivity index (χ1v) is 11.2. The Balaban J connectivity index is 0.00000231. The van der Waals surface area contributed by atoms with Gasteiger partial charge in [0.25, 0.3) is 0 Å². The van der Waals surface area contributed by atoms with Crippen LogP contribution in [0.4, 0.5) is 0 Å². The van der Waals surface area contributed by atoms with Crippen LogP contribution in [-0.4, -0.2) is 14.6 Å². The topological polar surface area (TPSA) is 34.8 Å². The Labute approximate surface area is 199 Å². The van der Waals surface area contributed by atoms with Crippen LogP contribution in [0.15, 0.2) is 60.2 Å². The van der Waals surface area contributed by atoms with Crippen molar-refractivity contribution in [2.24, 2.45) is 0 Å². The maximum Gasteiger partial charge on any atom is 0.304 e. The molecule has 31 heavy (non-hydrogen) atoms. The molecule has 0 bridgehead atoms. The van der Waals surface area contributed by atoms with Crippen LogP contribution in [-0.2, 0) is 20.1 Å². The zero-order chi connectivity index (χ0) is 20.8. The molecule has 0 N–H and O–H groups in total. The minimum atomic E-state index is 0. The van der Waals surface area contributed by atoms with E-state index in [9.17, 15) is 0 Å². The predicted molar refractivity (Wildman–Crippen MR) is 122 cm³/mol. The molecule has 0 aliphatic heterocycles. The van der Waals surface area contributed by atoms with Crippen molar-refractivity contribution in [2.45, 2.75) is 39.5 Å².